The molecule has 104 valence electrons. The van der Waals surface area contributed by atoms with Crippen LogP contribution >= 0.6 is 0 Å². The van der Waals surface area contributed by atoms with Crippen molar-refractivity contribution in [2.24, 2.45) is 27.6 Å². The Morgan fingerprint density at radius 2 is 1.12 bits per heavy atom. The average molecular weight is 240 g/mol. The Kier molecular flexibility index (Phi) is 4.59. The summed E-state index contributed by atoms with van der Waals surface area (Å²) in [6, 6.07) is 0. The first-order valence-electron chi connectivity index (χ1n) is 7.25. The highest BCUT2D eigenvalue weighted by Crippen LogP contribution is 2.64. The Bertz CT molecular complexity index is 250. The molecule has 0 aliphatic heterocycles. The molecule has 0 aromatic rings. The molecule has 0 fully saturated rings. The molecule has 0 saturated carbocycles. The predicted octanol–water partition coefficient (Wildman–Crippen LogP) is 6.16. The molecule has 0 aliphatic carbocycles. The quantitative estimate of drug-likeness (QED) is 0.552. The van der Waals surface area contributed by atoms with Gasteiger partial charge in [0.15, 0.2) is 0 Å². The van der Waals surface area contributed by atoms with E-state index < -0.39 is 0 Å². The van der Waals surface area contributed by atoms with E-state index in [9.17, 15) is 0 Å². The minimum atomic E-state index is 0.302. The van der Waals surface area contributed by atoms with Crippen molar-refractivity contribution in [2.75, 3.05) is 0 Å². The van der Waals surface area contributed by atoms with Gasteiger partial charge in [-0.25, -0.2) is 0 Å². The number of hydrogen-bond acceptors (Lipinski definition) is 0. The average Bonchev–Trinajstić information content (AvgIpc) is 2.13. The van der Waals surface area contributed by atoms with Crippen LogP contribution in [-0.2, 0) is 0 Å². The SMILES string of the molecule is CCC(C)(C)C(C)(C(C)(C)C)C(C)(C)C(C)C. The van der Waals surface area contributed by atoms with E-state index in [0.717, 1.165) is 0 Å². The van der Waals surface area contributed by atoms with Crippen LogP contribution < -0.4 is 0 Å². The zero-order valence-electron chi connectivity index (χ0n) is 14.3. The normalized spacial score (nSPS) is 18.4. The Morgan fingerprint density at radius 3 is 1.29 bits per heavy atom. The molecule has 0 aromatic carbocycles. The molecule has 0 heterocycles. The molecule has 0 bridgehead atoms. The van der Waals surface area contributed by atoms with Gasteiger partial charge >= 0.3 is 0 Å². The van der Waals surface area contributed by atoms with E-state index in [0.29, 0.717) is 27.6 Å². The Balaban J connectivity index is 5.93. The maximum absolute atomic E-state index is 2.51. The fraction of sp³-hybridized carbons (Fsp3) is 1.00. The van der Waals surface area contributed by atoms with E-state index in [1.165, 1.54) is 6.42 Å². The van der Waals surface area contributed by atoms with Crippen LogP contribution in [0.2, 0.25) is 0 Å². The van der Waals surface area contributed by atoms with E-state index in [2.05, 4.69) is 76.2 Å². The molecular weight excluding hydrogens is 204 g/mol. The van der Waals surface area contributed by atoms with Gasteiger partial charge < -0.3 is 0 Å². The second kappa shape index (κ2) is 4.59. The van der Waals surface area contributed by atoms with Gasteiger partial charge in [0, 0.05) is 0 Å². The molecule has 1 unspecified atom stereocenters. The van der Waals surface area contributed by atoms with Crippen LogP contribution in [0, 0.1) is 27.6 Å². The van der Waals surface area contributed by atoms with Crippen molar-refractivity contribution in [3.8, 4) is 0 Å². The van der Waals surface area contributed by atoms with Gasteiger partial charge in [0.25, 0.3) is 0 Å². The second-order valence-corrected chi connectivity index (χ2v) is 8.49. The third-order valence-electron chi connectivity index (χ3n) is 6.47. The fourth-order valence-corrected chi connectivity index (χ4v) is 3.78. The fourth-order valence-electron chi connectivity index (χ4n) is 3.78. The molecular formula is C17H36. The maximum Gasteiger partial charge on any atom is -0.0172 e. The van der Waals surface area contributed by atoms with Crippen LogP contribution in [0.25, 0.3) is 0 Å². The summed E-state index contributed by atoms with van der Waals surface area (Å²) in [7, 11) is 0. The van der Waals surface area contributed by atoms with Gasteiger partial charge in [-0.15, -0.1) is 0 Å². The Labute approximate surface area is 111 Å². The van der Waals surface area contributed by atoms with Crippen molar-refractivity contribution < 1.29 is 0 Å². The van der Waals surface area contributed by atoms with Gasteiger partial charge in [-0.2, -0.15) is 0 Å². The molecule has 0 heteroatoms. The van der Waals surface area contributed by atoms with E-state index in [-0.39, 0.29) is 0 Å². The maximum atomic E-state index is 2.51. The largest absolute Gasteiger partial charge is 0.0649 e. The Hall–Kier alpha value is 0. The van der Waals surface area contributed by atoms with Crippen LogP contribution in [0.5, 0.6) is 0 Å². The monoisotopic (exact) mass is 240 g/mol. The highest BCUT2D eigenvalue weighted by atomic mass is 14.6. The molecule has 0 nitrogen and oxygen atoms in total. The summed E-state index contributed by atoms with van der Waals surface area (Å²) in [4.78, 5) is 0. The van der Waals surface area contributed by atoms with Gasteiger partial charge in [-0.05, 0) is 27.6 Å². The van der Waals surface area contributed by atoms with Gasteiger partial charge in [0.05, 0.1) is 0 Å². The molecule has 0 spiro atoms. The lowest BCUT2D eigenvalue weighted by molar-refractivity contribution is -0.143. The summed E-state index contributed by atoms with van der Waals surface area (Å²) in [6.45, 7) is 26.6. The smallest absolute Gasteiger partial charge is 0.0172 e. The van der Waals surface area contributed by atoms with Crippen LogP contribution in [0.4, 0.5) is 0 Å². The topological polar surface area (TPSA) is 0 Å². The summed E-state index contributed by atoms with van der Waals surface area (Å²) in [5.41, 5.74) is 1.28. The van der Waals surface area contributed by atoms with Crippen molar-refractivity contribution in [3.63, 3.8) is 0 Å². The lowest BCUT2D eigenvalue weighted by Crippen LogP contribution is -2.56. The van der Waals surface area contributed by atoms with E-state index in [1.54, 1.807) is 0 Å². The molecule has 0 rings (SSSR count). The van der Waals surface area contributed by atoms with Crippen LogP contribution in [0.15, 0.2) is 0 Å². The first-order chi connectivity index (χ1) is 7.25. The third kappa shape index (κ3) is 2.42. The predicted molar refractivity (Wildman–Crippen MR) is 80.3 cm³/mol. The Morgan fingerprint density at radius 1 is 0.765 bits per heavy atom. The van der Waals surface area contributed by atoms with Crippen molar-refractivity contribution in [3.05, 3.63) is 0 Å². The van der Waals surface area contributed by atoms with Crippen molar-refractivity contribution in [2.45, 2.75) is 82.6 Å². The van der Waals surface area contributed by atoms with Crippen molar-refractivity contribution >= 4 is 0 Å². The standard InChI is InChI=1S/C17H36/c1-12-15(7,8)17(11,14(4,5)6)16(9,10)13(2)3/h13H,12H2,1-11H3. The highest BCUT2D eigenvalue weighted by Gasteiger charge is 2.57. The first kappa shape index (κ1) is 17.0. The highest BCUT2D eigenvalue weighted by molar-refractivity contribution is 5.05. The number of rotatable bonds is 4. The molecule has 0 N–H and O–H groups in total. The zero-order chi connectivity index (χ0) is 14.3. The minimum Gasteiger partial charge on any atom is -0.0649 e. The summed E-state index contributed by atoms with van der Waals surface area (Å²) in [5.74, 6) is 0.692. The molecule has 1 atom stereocenters. The van der Waals surface area contributed by atoms with E-state index in [1.807, 2.05) is 0 Å². The summed E-state index contributed by atoms with van der Waals surface area (Å²) < 4.78 is 0. The second-order valence-electron chi connectivity index (χ2n) is 8.49. The van der Waals surface area contributed by atoms with Gasteiger partial charge in [-0.3, -0.25) is 0 Å². The van der Waals surface area contributed by atoms with Gasteiger partial charge in [0.2, 0.25) is 0 Å². The van der Waals surface area contributed by atoms with E-state index in [4.69, 9.17) is 0 Å². The first-order valence-corrected chi connectivity index (χ1v) is 7.25. The lowest BCUT2D eigenvalue weighted by atomic mass is 9.42. The lowest BCUT2D eigenvalue weighted by Gasteiger charge is -2.63. The van der Waals surface area contributed by atoms with Gasteiger partial charge in [-0.1, -0.05) is 82.6 Å². The summed E-state index contributed by atoms with van der Waals surface area (Å²) >= 11 is 0. The van der Waals surface area contributed by atoms with E-state index >= 15 is 0 Å². The molecule has 0 amide bonds. The van der Waals surface area contributed by atoms with Crippen molar-refractivity contribution in [1.82, 2.24) is 0 Å². The van der Waals surface area contributed by atoms with Crippen LogP contribution in [0.3, 0.4) is 0 Å². The third-order valence-corrected chi connectivity index (χ3v) is 6.47. The van der Waals surface area contributed by atoms with Crippen LogP contribution in [-0.4, -0.2) is 0 Å². The molecule has 0 radical (unpaired) electrons. The molecule has 0 aliphatic rings. The molecule has 0 saturated heterocycles. The number of hydrogen-bond donors (Lipinski definition) is 0. The molecule has 0 aromatic heterocycles. The summed E-state index contributed by atoms with van der Waals surface area (Å²) in [5, 5.41) is 0. The molecule has 17 heavy (non-hydrogen) atoms. The van der Waals surface area contributed by atoms with Crippen LogP contribution in [0.1, 0.15) is 82.6 Å². The van der Waals surface area contributed by atoms with Crippen molar-refractivity contribution in [1.29, 1.82) is 0 Å². The van der Waals surface area contributed by atoms with Gasteiger partial charge in [0.1, 0.15) is 0 Å². The zero-order valence-corrected chi connectivity index (χ0v) is 14.3. The summed E-state index contributed by atoms with van der Waals surface area (Å²) in [6.07, 6.45) is 1.23. The minimum absolute atomic E-state index is 0.302.